The average molecular weight is 447 g/mol. The minimum Gasteiger partial charge on any atom is -0.465 e. The number of nitrogens with one attached hydrogen (secondary N) is 2. The SMILES string of the molecule is O=C(O)Nc1cc(CCC(=O)Nc2ccc3sc(CO)cc3c2)ccc1-c1ccccc1. The molecule has 0 spiro atoms. The Morgan fingerprint density at radius 3 is 2.47 bits per heavy atom. The molecule has 0 unspecified atom stereocenters. The van der Waals surface area contributed by atoms with Crippen molar-refractivity contribution in [2.45, 2.75) is 19.4 Å². The summed E-state index contributed by atoms with van der Waals surface area (Å²) in [4.78, 5) is 24.6. The van der Waals surface area contributed by atoms with E-state index in [1.807, 2.05) is 66.7 Å². The maximum Gasteiger partial charge on any atom is 0.409 e. The van der Waals surface area contributed by atoms with E-state index < -0.39 is 6.09 Å². The number of aliphatic hydroxyl groups is 1. The molecule has 0 radical (unpaired) electrons. The van der Waals surface area contributed by atoms with Crippen LogP contribution in [0.15, 0.2) is 72.8 Å². The van der Waals surface area contributed by atoms with E-state index in [9.17, 15) is 19.8 Å². The first-order valence-corrected chi connectivity index (χ1v) is 10.9. The topological polar surface area (TPSA) is 98.7 Å². The smallest absolute Gasteiger partial charge is 0.409 e. The number of aryl methyl sites for hydroxylation is 1. The highest BCUT2D eigenvalue weighted by molar-refractivity contribution is 7.19. The van der Waals surface area contributed by atoms with Gasteiger partial charge in [-0.3, -0.25) is 10.1 Å². The maximum atomic E-state index is 12.5. The number of fused-ring (bicyclic) bond motifs is 1. The lowest BCUT2D eigenvalue weighted by molar-refractivity contribution is -0.116. The molecule has 4 rings (SSSR count). The van der Waals surface area contributed by atoms with Crippen molar-refractivity contribution in [3.63, 3.8) is 0 Å². The Labute approximate surface area is 189 Å². The molecule has 6 nitrogen and oxygen atoms in total. The van der Waals surface area contributed by atoms with Gasteiger partial charge in [0.25, 0.3) is 0 Å². The summed E-state index contributed by atoms with van der Waals surface area (Å²) in [5.41, 5.74) is 3.76. The van der Waals surface area contributed by atoms with Crippen molar-refractivity contribution in [1.29, 1.82) is 0 Å². The van der Waals surface area contributed by atoms with E-state index in [2.05, 4.69) is 10.6 Å². The zero-order chi connectivity index (χ0) is 22.5. The molecule has 7 heteroatoms. The fraction of sp³-hybridized carbons (Fsp3) is 0.120. The van der Waals surface area contributed by atoms with E-state index in [0.29, 0.717) is 17.8 Å². The molecule has 0 aliphatic rings. The van der Waals surface area contributed by atoms with E-state index in [4.69, 9.17) is 0 Å². The Balaban J connectivity index is 1.44. The van der Waals surface area contributed by atoms with E-state index in [1.54, 1.807) is 6.07 Å². The lowest BCUT2D eigenvalue weighted by Gasteiger charge is -2.12. The predicted octanol–water partition coefficient (Wildman–Crippen LogP) is 5.72. The van der Waals surface area contributed by atoms with Crippen LogP contribution in [-0.2, 0) is 17.8 Å². The normalized spacial score (nSPS) is 10.8. The van der Waals surface area contributed by atoms with Gasteiger partial charge in [-0.15, -0.1) is 11.3 Å². The van der Waals surface area contributed by atoms with Gasteiger partial charge < -0.3 is 15.5 Å². The number of carbonyl (C=O) groups is 2. The second-order valence-corrected chi connectivity index (χ2v) is 8.52. The third-order valence-corrected chi connectivity index (χ3v) is 6.16. The highest BCUT2D eigenvalue weighted by atomic mass is 32.1. The van der Waals surface area contributed by atoms with Gasteiger partial charge in [0.1, 0.15) is 0 Å². The van der Waals surface area contributed by atoms with Crippen LogP contribution < -0.4 is 10.6 Å². The van der Waals surface area contributed by atoms with Crippen LogP contribution >= 0.6 is 11.3 Å². The summed E-state index contributed by atoms with van der Waals surface area (Å²) in [5.74, 6) is -0.123. The van der Waals surface area contributed by atoms with E-state index >= 15 is 0 Å². The Hall–Kier alpha value is -3.68. The number of rotatable bonds is 7. The molecule has 4 aromatic rings. The van der Waals surface area contributed by atoms with Gasteiger partial charge in [0.15, 0.2) is 0 Å². The molecule has 0 aliphatic carbocycles. The maximum absolute atomic E-state index is 12.5. The van der Waals surface area contributed by atoms with Crippen LogP contribution in [0.25, 0.3) is 21.2 Å². The average Bonchev–Trinajstić information content (AvgIpc) is 3.20. The van der Waals surface area contributed by atoms with Crippen molar-refractivity contribution in [3.05, 3.63) is 83.2 Å². The minimum absolute atomic E-state index is 0.00280. The van der Waals surface area contributed by atoms with E-state index in [0.717, 1.165) is 31.7 Å². The second-order valence-electron chi connectivity index (χ2n) is 7.35. The van der Waals surface area contributed by atoms with E-state index in [1.165, 1.54) is 11.3 Å². The van der Waals surface area contributed by atoms with Gasteiger partial charge in [0, 0.05) is 27.2 Å². The first kappa shape index (κ1) is 21.5. The largest absolute Gasteiger partial charge is 0.465 e. The van der Waals surface area contributed by atoms with E-state index in [-0.39, 0.29) is 18.9 Å². The van der Waals surface area contributed by atoms with Crippen molar-refractivity contribution in [3.8, 4) is 11.1 Å². The molecule has 0 bridgehead atoms. The van der Waals surface area contributed by atoms with Crippen LogP contribution in [0.4, 0.5) is 16.2 Å². The van der Waals surface area contributed by atoms with Gasteiger partial charge >= 0.3 is 6.09 Å². The van der Waals surface area contributed by atoms with Crippen LogP contribution in [-0.4, -0.2) is 22.2 Å². The van der Waals surface area contributed by atoms with Crippen molar-refractivity contribution >= 4 is 44.8 Å². The minimum atomic E-state index is -1.13. The molecule has 0 fully saturated rings. The molecule has 0 saturated carbocycles. The number of benzene rings is 3. The van der Waals surface area contributed by atoms with Crippen LogP contribution in [0.5, 0.6) is 0 Å². The molecule has 1 aromatic heterocycles. The number of thiophene rings is 1. The number of anilines is 2. The Morgan fingerprint density at radius 1 is 0.906 bits per heavy atom. The molecule has 0 atom stereocenters. The van der Waals surface area contributed by atoms with Gasteiger partial charge in [-0.25, -0.2) is 4.79 Å². The summed E-state index contributed by atoms with van der Waals surface area (Å²) in [6.45, 7) is 0.00280. The molecule has 1 heterocycles. The Bertz CT molecular complexity index is 1270. The fourth-order valence-corrected chi connectivity index (χ4v) is 4.48. The molecular weight excluding hydrogens is 424 g/mol. The van der Waals surface area contributed by atoms with Gasteiger partial charge in [0.2, 0.25) is 5.91 Å². The number of aliphatic hydroxyl groups excluding tert-OH is 1. The molecule has 2 amide bonds. The monoisotopic (exact) mass is 446 g/mol. The molecule has 0 aliphatic heterocycles. The number of amides is 2. The number of carboxylic acid groups (broad SMARTS) is 1. The molecule has 4 N–H and O–H groups in total. The van der Waals surface area contributed by atoms with Crippen molar-refractivity contribution in [1.82, 2.24) is 0 Å². The Kier molecular flexibility index (Phi) is 6.49. The van der Waals surface area contributed by atoms with Crippen molar-refractivity contribution < 1.29 is 19.8 Å². The molecule has 0 saturated heterocycles. The summed E-state index contributed by atoms with van der Waals surface area (Å²) in [6, 6.07) is 22.7. The number of hydrogen-bond acceptors (Lipinski definition) is 4. The summed E-state index contributed by atoms with van der Waals surface area (Å²) in [5, 5.41) is 24.9. The zero-order valence-electron chi connectivity index (χ0n) is 17.2. The number of carbonyl (C=O) groups excluding carboxylic acids is 1. The quantitative estimate of drug-likeness (QED) is 0.292. The van der Waals surface area contributed by atoms with Gasteiger partial charge in [-0.2, -0.15) is 0 Å². The van der Waals surface area contributed by atoms with Gasteiger partial charge in [-0.05, 0) is 53.3 Å². The summed E-state index contributed by atoms with van der Waals surface area (Å²) in [6.07, 6.45) is -0.393. The lowest BCUT2D eigenvalue weighted by Crippen LogP contribution is -2.12. The highest BCUT2D eigenvalue weighted by Gasteiger charge is 2.11. The third kappa shape index (κ3) is 5.14. The molecule has 162 valence electrons. The van der Waals surface area contributed by atoms with Crippen LogP contribution in [0.1, 0.15) is 16.9 Å². The lowest BCUT2D eigenvalue weighted by atomic mass is 9.99. The summed E-state index contributed by atoms with van der Waals surface area (Å²) >= 11 is 1.53. The van der Waals surface area contributed by atoms with Crippen molar-refractivity contribution in [2.75, 3.05) is 10.6 Å². The van der Waals surface area contributed by atoms with Crippen LogP contribution in [0.2, 0.25) is 0 Å². The van der Waals surface area contributed by atoms with Gasteiger partial charge in [0.05, 0.1) is 12.3 Å². The fourth-order valence-electron chi connectivity index (χ4n) is 3.57. The first-order chi connectivity index (χ1) is 15.5. The third-order valence-electron chi connectivity index (χ3n) is 5.06. The summed E-state index contributed by atoms with van der Waals surface area (Å²) in [7, 11) is 0. The molecule has 32 heavy (non-hydrogen) atoms. The Morgan fingerprint density at radius 2 is 1.72 bits per heavy atom. The molecular formula is C25H22N2O4S. The number of hydrogen-bond donors (Lipinski definition) is 4. The van der Waals surface area contributed by atoms with Crippen molar-refractivity contribution in [2.24, 2.45) is 0 Å². The van der Waals surface area contributed by atoms with Gasteiger partial charge in [-0.1, -0.05) is 42.5 Å². The molecule has 3 aromatic carbocycles. The second kappa shape index (κ2) is 9.64. The van der Waals surface area contributed by atoms with Crippen LogP contribution in [0, 0.1) is 0 Å². The first-order valence-electron chi connectivity index (χ1n) is 10.1. The summed E-state index contributed by atoms with van der Waals surface area (Å²) < 4.78 is 1.06. The predicted molar refractivity (Wildman–Crippen MR) is 128 cm³/mol. The zero-order valence-corrected chi connectivity index (χ0v) is 18.0. The standard InChI is InChI=1S/C25H22N2O4S/c28-15-20-14-18-13-19(8-10-23(18)32-20)26-24(29)11-7-16-6-9-21(17-4-2-1-3-5-17)22(12-16)27-25(30)31/h1-6,8-10,12-14,27-28H,7,11,15H2,(H,26,29)(H,30,31). The van der Waals surface area contributed by atoms with Crippen LogP contribution in [0.3, 0.4) is 0 Å². The highest BCUT2D eigenvalue weighted by Crippen LogP contribution is 2.30.